The molecule has 2 heterocycles. The van der Waals surface area contributed by atoms with Crippen molar-refractivity contribution >= 4 is 17.5 Å². The van der Waals surface area contributed by atoms with Crippen LogP contribution in [0, 0.1) is 0 Å². The molecule has 0 radical (unpaired) electrons. The van der Waals surface area contributed by atoms with E-state index in [1.807, 2.05) is 42.6 Å². The molecule has 0 spiro atoms. The minimum Gasteiger partial charge on any atom is -0.354 e. The van der Waals surface area contributed by atoms with Gasteiger partial charge in [0, 0.05) is 30.0 Å². The van der Waals surface area contributed by atoms with E-state index < -0.39 is 0 Å². The summed E-state index contributed by atoms with van der Waals surface area (Å²) in [6.07, 6.45) is 6.71. The maximum atomic E-state index is 13.0. The number of carbonyl (C=O) groups excluding carboxylic acids is 1. The maximum Gasteiger partial charge on any atom is 0.227 e. The highest BCUT2D eigenvalue weighted by Crippen LogP contribution is 2.23. The Hall–Kier alpha value is -1.91. The second kappa shape index (κ2) is 9.15. The van der Waals surface area contributed by atoms with E-state index >= 15 is 0 Å². The first kappa shape index (κ1) is 18.9. The second-order valence-electron chi connectivity index (χ2n) is 7.01. The van der Waals surface area contributed by atoms with Crippen LogP contribution in [-0.4, -0.2) is 41.5 Å². The number of rotatable bonds is 7. The third-order valence-corrected chi connectivity index (χ3v) is 5.34. The number of pyridine rings is 1. The van der Waals surface area contributed by atoms with Gasteiger partial charge in [0.05, 0.1) is 5.92 Å². The van der Waals surface area contributed by atoms with Crippen molar-refractivity contribution in [3.8, 4) is 0 Å². The number of likely N-dealkylation sites (tertiary alicyclic amines) is 1. The van der Waals surface area contributed by atoms with Gasteiger partial charge >= 0.3 is 0 Å². The summed E-state index contributed by atoms with van der Waals surface area (Å²) in [6.45, 7) is 5.13. The molecule has 0 bridgehead atoms. The molecule has 2 aromatic rings. The van der Waals surface area contributed by atoms with E-state index in [1.54, 1.807) is 6.20 Å². The molecule has 1 amide bonds. The predicted molar refractivity (Wildman–Crippen MR) is 105 cm³/mol. The molecular formula is C21H26ClN3O. The molecule has 0 aliphatic carbocycles. The number of amides is 1. The van der Waals surface area contributed by atoms with Crippen LogP contribution in [0.1, 0.15) is 36.8 Å². The average Bonchev–Trinajstić information content (AvgIpc) is 3.20. The van der Waals surface area contributed by atoms with Crippen LogP contribution in [0.5, 0.6) is 0 Å². The summed E-state index contributed by atoms with van der Waals surface area (Å²) in [7, 11) is 0. The van der Waals surface area contributed by atoms with Crippen LogP contribution in [0.25, 0.3) is 0 Å². The Morgan fingerprint density at radius 3 is 2.62 bits per heavy atom. The molecule has 2 atom stereocenters. The molecule has 3 rings (SSSR count). The quantitative estimate of drug-likeness (QED) is 0.807. The highest BCUT2D eigenvalue weighted by Gasteiger charge is 2.23. The molecular weight excluding hydrogens is 346 g/mol. The highest BCUT2D eigenvalue weighted by atomic mass is 35.5. The molecule has 5 heteroatoms. The lowest BCUT2D eigenvalue weighted by molar-refractivity contribution is -0.122. The molecule has 1 aromatic carbocycles. The van der Waals surface area contributed by atoms with Gasteiger partial charge in [0.15, 0.2) is 0 Å². The van der Waals surface area contributed by atoms with Crippen LogP contribution < -0.4 is 5.32 Å². The van der Waals surface area contributed by atoms with E-state index in [2.05, 4.69) is 22.1 Å². The topological polar surface area (TPSA) is 45.2 Å². The zero-order valence-electron chi connectivity index (χ0n) is 15.2. The Morgan fingerprint density at radius 1 is 1.23 bits per heavy atom. The molecule has 138 valence electrons. The minimum atomic E-state index is -0.248. The Labute approximate surface area is 160 Å². The number of halogens is 1. The van der Waals surface area contributed by atoms with Crippen molar-refractivity contribution < 1.29 is 4.79 Å². The van der Waals surface area contributed by atoms with Crippen molar-refractivity contribution in [2.45, 2.75) is 38.1 Å². The minimum absolute atomic E-state index is 0.0576. The SMILES string of the molecule is CC(CNC(=O)C(Cc1cccnc1)c1ccc(Cl)cc1)N1CCCC1. The molecule has 4 nitrogen and oxygen atoms in total. The van der Waals surface area contributed by atoms with Crippen molar-refractivity contribution in [3.05, 3.63) is 64.9 Å². The summed E-state index contributed by atoms with van der Waals surface area (Å²) in [6, 6.07) is 11.8. The fourth-order valence-electron chi connectivity index (χ4n) is 3.49. The van der Waals surface area contributed by atoms with Crippen LogP contribution in [0.4, 0.5) is 0 Å². The van der Waals surface area contributed by atoms with Gasteiger partial charge in [-0.2, -0.15) is 0 Å². The molecule has 1 aromatic heterocycles. The molecule has 1 N–H and O–H groups in total. The van der Waals surface area contributed by atoms with E-state index in [9.17, 15) is 4.79 Å². The Morgan fingerprint density at radius 2 is 1.96 bits per heavy atom. The van der Waals surface area contributed by atoms with Crippen molar-refractivity contribution in [2.75, 3.05) is 19.6 Å². The fraction of sp³-hybridized carbons (Fsp3) is 0.429. The van der Waals surface area contributed by atoms with Gasteiger partial charge in [-0.1, -0.05) is 29.8 Å². The second-order valence-corrected chi connectivity index (χ2v) is 7.44. The third kappa shape index (κ3) is 5.05. The number of hydrogen-bond donors (Lipinski definition) is 1. The molecule has 0 saturated carbocycles. The van der Waals surface area contributed by atoms with Crippen LogP contribution in [0.2, 0.25) is 5.02 Å². The number of aromatic nitrogens is 1. The van der Waals surface area contributed by atoms with Crippen LogP contribution in [0.3, 0.4) is 0 Å². The molecule has 2 unspecified atom stereocenters. The molecule has 1 aliphatic heterocycles. The van der Waals surface area contributed by atoms with Gasteiger partial charge in [-0.05, 0) is 68.6 Å². The average molecular weight is 372 g/mol. The van der Waals surface area contributed by atoms with Gasteiger partial charge in [-0.25, -0.2) is 0 Å². The summed E-state index contributed by atoms with van der Waals surface area (Å²) in [5, 5.41) is 3.84. The number of nitrogens with zero attached hydrogens (tertiary/aromatic N) is 2. The summed E-state index contributed by atoms with van der Waals surface area (Å²) in [4.78, 5) is 19.6. The maximum absolute atomic E-state index is 13.0. The van der Waals surface area contributed by atoms with E-state index in [0.29, 0.717) is 24.0 Å². The first-order valence-corrected chi connectivity index (χ1v) is 9.67. The lowest BCUT2D eigenvalue weighted by atomic mass is 9.91. The van der Waals surface area contributed by atoms with E-state index in [0.717, 1.165) is 24.2 Å². The van der Waals surface area contributed by atoms with Crippen molar-refractivity contribution in [2.24, 2.45) is 0 Å². The monoisotopic (exact) mass is 371 g/mol. The zero-order chi connectivity index (χ0) is 18.4. The van der Waals surface area contributed by atoms with Gasteiger partial charge in [0.2, 0.25) is 5.91 Å². The number of hydrogen-bond acceptors (Lipinski definition) is 3. The lowest BCUT2D eigenvalue weighted by Crippen LogP contribution is -2.42. The first-order valence-electron chi connectivity index (χ1n) is 9.29. The van der Waals surface area contributed by atoms with Crippen LogP contribution in [0.15, 0.2) is 48.8 Å². The van der Waals surface area contributed by atoms with E-state index in [-0.39, 0.29) is 11.8 Å². The van der Waals surface area contributed by atoms with Crippen molar-refractivity contribution in [1.82, 2.24) is 15.2 Å². The van der Waals surface area contributed by atoms with Gasteiger partial charge < -0.3 is 5.32 Å². The molecule has 1 fully saturated rings. The Kier molecular flexibility index (Phi) is 6.64. The summed E-state index contributed by atoms with van der Waals surface area (Å²) in [5.41, 5.74) is 2.03. The zero-order valence-corrected chi connectivity index (χ0v) is 16.0. The van der Waals surface area contributed by atoms with Gasteiger partial charge in [-0.3, -0.25) is 14.7 Å². The fourth-order valence-corrected chi connectivity index (χ4v) is 3.62. The largest absolute Gasteiger partial charge is 0.354 e. The molecule has 26 heavy (non-hydrogen) atoms. The predicted octanol–water partition coefficient (Wildman–Crippen LogP) is 3.66. The standard InChI is InChI=1S/C21H26ClN3O/c1-16(25-11-2-3-12-25)14-24-21(26)20(13-17-5-4-10-23-15-17)18-6-8-19(22)9-7-18/h4-10,15-16,20H,2-3,11-14H2,1H3,(H,24,26). The number of nitrogens with one attached hydrogen (secondary N) is 1. The van der Waals surface area contributed by atoms with Crippen molar-refractivity contribution in [3.63, 3.8) is 0 Å². The molecule has 1 saturated heterocycles. The third-order valence-electron chi connectivity index (χ3n) is 5.09. The van der Waals surface area contributed by atoms with Gasteiger partial charge in [0.1, 0.15) is 0 Å². The lowest BCUT2D eigenvalue weighted by Gasteiger charge is -2.25. The summed E-state index contributed by atoms with van der Waals surface area (Å²) in [5.74, 6) is -0.190. The highest BCUT2D eigenvalue weighted by molar-refractivity contribution is 6.30. The van der Waals surface area contributed by atoms with Gasteiger partial charge in [0.25, 0.3) is 0 Å². The molecule has 1 aliphatic rings. The van der Waals surface area contributed by atoms with Crippen molar-refractivity contribution in [1.29, 1.82) is 0 Å². The van der Waals surface area contributed by atoms with Gasteiger partial charge in [-0.15, -0.1) is 0 Å². The van der Waals surface area contributed by atoms with Crippen LogP contribution in [-0.2, 0) is 11.2 Å². The summed E-state index contributed by atoms with van der Waals surface area (Å²) >= 11 is 6.02. The summed E-state index contributed by atoms with van der Waals surface area (Å²) < 4.78 is 0. The number of carbonyl (C=O) groups is 1. The number of benzene rings is 1. The first-order chi connectivity index (χ1) is 12.6. The van der Waals surface area contributed by atoms with Crippen LogP contribution >= 0.6 is 11.6 Å². The van der Waals surface area contributed by atoms with E-state index in [4.69, 9.17) is 11.6 Å². The Balaban J connectivity index is 1.69. The Bertz CT molecular complexity index is 699. The van der Waals surface area contributed by atoms with E-state index in [1.165, 1.54) is 12.8 Å². The normalized spacial score (nSPS) is 17.0. The smallest absolute Gasteiger partial charge is 0.227 e.